The zero-order chi connectivity index (χ0) is 21.6. The van der Waals surface area contributed by atoms with E-state index in [-0.39, 0.29) is 17.0 Å². The maximum absolute atomic E-state index is 13.2. The third kappa shape index (κ3) is 3.88. The van der Waals surface area contributed by atoms with Crippen LogP contribution in [0.1, 0.15) is 58.4 Å². The van der Waals surface area contributed by atoms with E-state index in [4.69, 9.17) is 4.74 Å². The van der Waals surface area contributed by atoms with Crippen LogP contribution in [0.3, 0.4) is 0 Å². The van der Waals surface area contributed by atoms with E-state index in [1.165, 1.54) is 30.0 Å². The number of benzene rings is 1. The molecular formula is C25H31N3O3. The van der Waals surface area contributed by atoms with Crippen LogP contribution >= 0.6 is 0 Å². The fraction of sp³-hybridized carbons (Fsp3) is 0.560. The van der Waals surface area contributed by atoms with E-state index in [0.717, 1.165) is 48.3 Å². The molecule has 1 atom stereocenters. The van der Waals surface area contributed by atoms with Crippen LogP contribution in [-0.4, -0.2) is 27.8 Å². The number of aromatic nitrogens is 2. The number of carbonyl (C=O) groups is 1. The summed E-state index contributed by atoms with van der Waals surface area (Å²) in [7, 11) is 0. The Kier molecular flexibility index (Phi) is 5.11. The van der Waals surface area contributed by atoms with Crippen molar-refractivity contribution in [3.63, 3.8) is 0 Å². The molecule has 2 aromatic rings. The lowest BCUT2D eigenvalue weighted by Gasteiger charge is -2.57. The van der Waals surface area contributed by atoms with E-state index < -0.39 is 6.04 Å². The van der Waals surface area contributed by atoms with Gasteiger partial charge in [0.25, 0.3) is 5.56 Å². The Balaban J connectivity index is 1.35. The Bertz CT molecular complexity index is 992. The van der Waals surface area contributed by atoms with Gasteiger partial charge >= 0.3 is 0 Å². The Morgan fingerprint density at radius 1 is 1.10 bits per heavy atom. The van der Waals surface area contributed by atoms with Crippen LogP contribution in [0.15, 0.2) is 41.2 Å². The summed E-state index contributed by atoms with van der Waals surface area (Å²) in [5.74, 6) is 2.96. The number of carbonyl (C=O) groups excluding carboxylic acids is 1. The molecule has 0 spiro atoms. The summed E-state index contributed by atoms with van der Waals surface area (Å²) in [5.41, 5.74) is 1.21. The van der Waals surface area contributed by atoms with Crippen LogP contribution in [0.4, 0.5) is 0 Å². The van der Waals surface area contributed by atoms with E-state index >= 15 is 0 Å². The van der Waals surface area contributed by atoms with E-state index in [1.807, 2.05) is 31.2 Å². The third-order valence-electron chi connectivity index (χ3n) is 7.46. The summed E-state index contributed by atoms with van der Waals surface area (Å²) < 4.78 is 6.82. The molecule has 1 aromatic heterocycles. The number of rotatable bonds is 6. The average Bonchev–Trinajstić information content (AvgIpc) is 2.73. The molecule has 0 radical (unpaired) electrons. The lowest BCUT2D eigenvalue weighted by molar-refractivity contribution is -0.130. The number of amides is 1. The first-order chi connectivity index (χ1) is 14.9. The van der Waals surface area contributed by atoms with Gasteiger partial charge < -0.3 is 10.1 Å². The van der Waals surface area contributed by atoms with Crippen molar-refractivity contribution in [2.75, 3.05) is 6.61 Å². The first-order valence-corrected chi connectivity index (χ1v) is 11.6. The van der Waals surface area contributed by atoms with E-state index in [2.05, 4.69) is 10.4 Å². The topological polar surface area (TPSA) is 73.2 Å². The predicted octanol–water partition coefficient (Wildman–Crippen LogP) is 3.96. The summed E-state index contributed by atoms with van der Waals surface area (Å²) >= 11 is 0. The molecule has 4 aliphatic carbocycles. The highest BCUT2D eigenvalue weighted by Gasteiger charge is 2.51. The maximum Gasteiger partial charge on any atom is 0.267 e. The van der Waals surface area contributed by atoms with Gasteiger partial charge in [0, 0.05) is 17.2 Å². The highest BCUT2D eigenvalue weighted by molar-refractivity contribution is 5.80. The molecule has 1 heterocycles. The molecule has 1 amide bonds. The molecular weight excluding hydrogens is 390 g/mol. The Morgan fingerprint density at radius 2 is 1.71 bits per heavy atom. The standard InChI is InChI=1S/C25H31N3O3/c1-3-31-21-6-4-20(5-7-21)22-8-9-23(29)28(27-22)16(2)24(30)26-25-13-17-10-18(14-25)12-19(11-17)15-25/h4-9,16-19H,3,10-15H2,1-2H3,(H,26,30). The minimum absolute atomic E-state index is 0.0730. The van der Waals surface area contributed by atoms with Gasteiger partial charge in [-0.25, -0.2) is 4.68 Å². The van der Waals surface area contributed by atoms with Crippen LogP contribution in [-0.2, 0) is 4.79 Å². The molecule has 1 N–H and O–H groups in total. The van der Waals surface area contributed by atoms with Gasteiger partial charge in [-0.3, -0.25) is 9.59 Å². The minimum Gasteiger partial charge on any atom is -0.494 e. The van der Waals surface area contributed by atoms with Crippen molar-refractivity contribution in [1.29, 1.82) is 0 Å². The maximum atomic E-state index is 13.2. The molecule has 4 fully saturated rings. The molecule has 6 heteroatoms. The molecule has 31 heavy (non-hydrogen) atoms. The molecule has 0 saturated heterocycles. The minimum atomic E-state index is -0.650. The van der Waals surface area contributed by atoms with E-state index in [0.29, 0.717) is 12.3 Å². The molecule has 164 valence electrons. The molecule has 6 rings (SSSR count). The first kappa shape index (κ1) is 20.3. The van der Waals surface area contributed by atoms with Gasteiger partial charge in [-0.05, 0) is 100 Å². The van der Waals surface area contributed by atoms with Crippen molar-refractivity contribution in [1.82, 2.24) is 15.1 Å². The molecule has 4 aliphatic rings. The molecule has 6 nitrogen and oxygen atoms in total. The predicted molar refractivity (Wildman–Crippen MR) is 119 cm³/mol. The van der Waals surface area contributed by atoms with Crippen LogP contribution in [0.5, 0.6) is 5.75 Å². The van der Waals surface area contributed by atoms with Crippen molar-refractivity contribution >= 4 is 5.91 Å². The zero-order valence-corrected chi connectivity index (χ0v) is 18.3. The summed E-state index contributed by atoms with van der Waals surface area (Å²) in [5, 5.41) is 7.91. The lowest BCUT2D eigenvalue weighted by atomic mass is 9.53. The van der Waals surface area contributed by atoms with Crippen molar-refractivity contribution in [2.24, 2.45) is 17.8 Å². The number of nitrogens with zero attached hydrogens (tertiary/aromatic N) is 2. The van der Waals surface area contributed by atoms with Gasteiger partial charge in [-0.15, -0.1) is 0 Å². The Labute approximate surface area is 183 Å². The van der Waals surface area contributed by atoms with Gasteiger partial charge in [0.05, 0.1) is 12.3 Å². The second-order valence-electron chi connectivity index (χ2n) is 9.82. The second-order valence-corrected chi connectivity index (χ2v) is 9.82. The quantitative estimate of drug-likeness (QED) is 0.766. The van der Waals surface area contributed by atoms with Crippen molar-refractivity contribution in [2.45, 2.75) is 64.0 Å². The highest BCUT2D eigenvalue weighted by atomic mass is 16.5. The first-order valence-electron chi connectivity index (χ1n) is 11.6. The number of hydrogen-bond donors (Lipinski definition) is 1. The number of hydrogen-bond acceptors (Lipinski definition) is 4. The molecule has 4 saturated carbocycles. The Hall–Kier alpha value is -2.63. The Morgan fingerprint density at radius 3 is 2.29 bits per heavy atom. The molecule has 4 bridgehead atoms. The second kappa shape index (κ2) is 7.81. The average molecular weight is 422 g/mol. The third-order valence-corrected chi connectivity index (χ3v) is 7.46. The number of nitrogens with one attached hydrogen (secondary N) is 1. The SMILES string of the molecule is CCOc1ccc(-c2ccc(=O)n(C(C)C(=O)NC34CC5CC(CC(C5)C3)C4)n2)cc1. The van der Waals surface area contributed by atoms with Crippen molar-refractivity contribution in [3.05, 3.63) is 46.8 Å². The summed E-state index contributed by atoms with van der Waals surface area (Å²) in [6.45, 7) is 4.33. The number of ether oxygens (including phenoxy) is 1. The van der Waals surface area contributed by atoms with Gasteiger partial charge in [-0.2, -0.15) is 5.10 Å². The summed E-state index contributed by atoms with van der Waals surface area (Å²) in [4.78, 5) is 25.8. The largest absolute Gasteiger partial charge is 0.494 e. The van der Waals surface area contributed by atoms with Gasteiger partial charge in [0.1, 0.15) is 11.8 Å². The monoisotopic (exact) mass is 421 g/mol. The van der Waals surface area contributed by atoms with E-state index in [1.54, 1.807) is 13.0 Å². The zero-order valence-electron chi connectivity index (χ0n) is 18.3. The fourth-order valence-corrected chi connectivity index (χ4v) is 6.49. The van der Waals surface area contributed by atoms with Gasteiger partial charge in [0.15, 0.2) is 0 Å². The summed E-state index contributed by atoms with van der Waals surface area (Å²) in [6.07, 6.45) is 7.26. The van der Waals surface area contributed by atoms with Crippen LogP contribution in [0, 0.1) is 17.8 Å². The van der Waals surface area contributed by atoms with Gasteiger partial charge in [0.2, 0.25) is 5.91 Å². The van der Waals surface area contributed by atoms with Crippen LogP contribution in [0.2, 0.25) is 0 Å². The van der Waals surface area contributed by atoms with Crippen LogP contribution < -0.4 is 15.6 Å². The normalized spacial score (nSPS) is 29.5. The van der Waals surface area contributed by atoms with Crippen molar-refractivity contribution in [3.8, 4) is 17.0 Å². The lowest BCUT2D eigenvalue weighted by Crippen LogP contribution is -2.60. The molecule has 1 aromatic carbocycles. The molecule has 1 unspecified atom stereocenters. The highest BCUT2D eigenvalue weighted by Crippen LogP contribution is 2.55. The van der Waals surface area contributed by atoms with Gasteiger partial charge in [-0.1, -0.05) is 0 Å². The smallest absolute Gasteiger partial charge is 0.267 e. The van der Waals surface area contributed by atoms with Crippen molar-refractivity contribution < 1.29 is 9.53 Å². The van der Waals surface area contributed by atoms with E-state index in [9.17, 15) is 9.59 Å². The molecule has 0 aliphatic heterocycles. The fourth-order valence-electron chi connectivity index (χ4n) is 6.49. The summed E-state index contributed by atoms with van der Waals surface area (Å²) in [6, 6.07) is 10.2. The van der Waals surface area contributed by atoms with Crippen LogP contribution in [0.25, 0.3) is 11.3 Å².